The highest BCUT2D eigenvalue weighted by Crippen LogP contribution is 2.27. The molecule has 2 aliphatic rings. The molecule has 1 aromatic carbocycles. The molecule has 1 aromatic heterocycles. The average molecular weight is 296 g/mol. The third-order valence-electron chi connectivity index (χ3n) is 4.26. The fourth-order valence-electron chi connectivity index (χ4n) is 3.09. The Morgan fingerprint density at radius 3 is 2.68 bits per heavy atom. The van der Waals surface area contributed by atoms with Gasteiger partial charge in [-0.25, -0.2) is 9.97 Å². The molecule has 0 unspecified atom stereocenters. The normalized spacial score (nSPS) is 18.1. The van der Waals surface area contributed by atoms with Crippen LogP contribution in [-0.4, -0.2) is 42.8 Å². The number of ether oxygens (including phenoxy) is 1. The van der Waals surface area contributed by atoms with Crippen molar-refractivity contribution in [3.63, 3.8) is 0 Å². The molecule has 5 heteroatoms. The highest BCUT2D eigenvalue weighted by molar-refractivity contribution is 5.61. The number of aromatic nitrogens is 2. The smallest absolute Gasteiger partial charge is 0.161 e. The molecule has 1 N–H and O–H groups in total. The van der Waals surface area contributed by atoms with E-state index in [4.69, 9.17) is 14.7 Å². The molecule has 0 saturated carbocycles. The summed E-state index contributed by atoms with van der Waals surface area (Å²) in [5.41, 5.74) is 3.52. The van der Waals surface area contributed by atoms with Crippen LogP contribution < -0.4 is 10.2 Å². The molecular formula is C17H20N4O. The van der Waals surface area contributed by atoms with Gasteiger partial charge in [0.1, 0.15) is 5.82 Å². The molecular weight excluding hydrogens is 276 g/mol. The van der Waals surface area contributed by atoms with Crippen LogP contribution in [0.1, 0.15) is 11.3 Å². The first kappa shape index (κ1) is 13.7. The van der Waals surface area contributed by atoms with Crippen LogP contribution in [0.2, 0.25) is 0 Å². The van der Waals surface area contributed by atoms with E-state index < -0.39 is 0 Å². The van der Waals surface area contributed by atoms with Crippen molar-refractivity contribution in [1.29, 1.82) is 0 Å². The first-order chi connectivity index (χ1) is 10.9. The number of nitrogens with one attached hydrogen (secondary N) is 1. The standard InChI is InChI=1S/C17H20N4O/c1-2-4-13(5-3-1)16-19-15-12-18-7-6-14(15)17(20-16)21-8-10-22-11-9-21/h1-5,18H,6-12H2. The molecule has 2 aliphatic heterocycles. The zero-order valence-corrected chi connectivity index (χ0v) is 12.6. The molecule has 114 valence electrons. The molecule has 0 bridgehead atoms. The summed E-state index contributed by atoms with van der Waals surface area (Å²) in [4.78, 5) is 12.1. The predicted molar refractivity (Wildman–Crippen MR) is 85.9 cm³/mol. The largest absolute Gasteiger partial charge is 0.378 e. The zero-order chi connectivity index (χ0) is 14.8. The van der Waals surface area contributed by atoms with Crippen LogP contribution in [0, 0.1) is 0 Å². The Morgan fingerprint density at radius 2 is 1.86 bits per heavy atom. The van der Waals surface area contributed by atoms with Gasteiger partial charge < -0.3 is 15.0 Å². The lowest BCUT2D eigenvalue weighted by Gasteiger charge is -2.31. The molecule has 1 saturated heterocycles. The van der Waals surface area contributed by atoms with E-state index in [9.17, 15) is 0 Å². The summed E-state index contributed by atoms with van der Waals surface area (Å²) in [6.07, 6.45) is 0.997. The van der Waals surface area contributed by atoms with Crippen LogP contribution in [0.5, 0.6) is 0 Å². The van der Waals surface area contributed by atoms with Crippen molar-refractivity contribution in [2.45, 2.75) is 13.0 Å². The van der Waals surface area contributed by atoms with Gasteiger partial charge in [0.25, 0.3) is 0 Å². The predicted octanol–water partition coefficient (Wildman–Crippen LogP) is 1.63. The Bertz CT molecular complexity index is 653. The van der Waals surface area contributed by atoms with E-state index in [0.29, 0.717) is 0 Å². The summed E-state index contributed by atoms with van der Waals surface area (Å²) in [5.74, 6) is 1.93. The number of anilines is 1. The van der Waals surface area contributed by atoms with Crippen LogP contribution in [-0.2, 0) is 17.7 Å². The van der Waals surface area contributed by atoms with Crippen molar-refractivity contribution >= 4 is 5.82 Å². The van der Waals surface area contributed by atoms with Gasteiger partial charge in [0.2, 0.25) is 0 Å². The van der Waals surface area contributed by atoms with Gasteiger partial charge in [0, 0.05) is 30.8 Å². The number of morpholine rings is 1. The summed E-state index contributed by atoms with van der Waals surface area (Å²) < 4.78 is 5.48. The summed E-state index contributed by atoms with van der Waals surface area (Å²) in [6.45, 7) is 5.19. The first-order valence-corrected chi connectivity index (χ1v) is 7.90. The Balaban J connectivity index is 1.80. The highest BCUT2D eigenvalue weighted by Gasteiger charge is 2.23. The maximum absolute atomic E-state index is 5.48. The van der Waals surface area contributed by atoms with Crippen molar-refractivity contribution in [2.24, 2.45) is 0 Å². The molecule has 5 nitrogen and oxygen atoms in total. The number of nitrogens with zero attached hydrogens (tertiary/aromatic N) is 3. The summed E-state index contributed by atoms with van der Waals surface area (Å²) in [5, 5.41) is 3.42. The number of rotatable bonds is 2. The molecule has 1 fully saturated rings. The Morgan fingerprint density at radius 1 is 1.05 bits per heavy atom. The minimum absolute atomic E-state index is 0.775. The number of benzene rings is 1. The lowest BCUT2D eigenvalue weighted by molar-refractivity contribution is 0.122. The van der Waals surface area contributed by atoms with Crippen LogP contribution >= 0.6 is 0 Å². The van der Waals surface area contributed by atoms with Gasteiger partial charge in [0.15, 0.2) is 5.82 Å². The van der Waals surface area contributed by atoms with Crippen molar-refractivity contribution < 1.29 is 4.74 Å². The molecule has 0 amide bonds. The lowest BCUT2D eigenvalue weighted by Crippen LogP contribution is -2.39. The second-order valence-corrected chi connectivity index (χ2v) is 5.69. The van der Waals surface area contributed by atoms with Crippen molar-refractivity contribution in [3.05, 3.63) is 41.6 Å². The molecule has 0 spiro atoms. The van der Waals surface area contributed by atoms with E-state index in [1.165, 1.54) is 5.56 Å². The van der Waals surface area contributed by atoms with Gasteiger partial charge in [-0.1, -0.05) is 30.3 Å². The van der Waals surface area contributed by atoms with Gasteiger partial charge >= 0.3 is 0 Å². The van der Waals surface area contributed by atoms with Gasteiger partial charge in [-0.3, -0.25) is 0 Å². The molecule has 22 heavy (non-hydrogen) atoms. The molecule has 2 aromatic rings. The van der Waals surface area contributed by atoms with Crippen LogP contribution in [0.4, 0.5) is 5.82 Å². The van der Waals surface area contributed by atoms with Crippen molar-refractivity contribution in [2.75, 3.05) is 37.7 Å². The molecule has 0 aliphatic carbocycles. The minimum atomic E-state index is 0.775. The molecule has 0 radical (unpaired) electrons. The quantitative estimate of drug-likeness (QED) is 0.913. The number of hydrogen-bond donors (Lipinski definition) is 1. The van der Waals surface area contributed by atoms with E-state index in [0.717, 1.165) is 68.7 Å². The van der Waals surface area contributed by atoms with Crippen molar-refractivity contribution in [3.8, 4) is 11.4 Å². The lowest BCUT2D eigenvalue weighted by atomic mass is 10.1. The monoisotopic (exact) mass is 296 g/mol. The minimum Gasteiger partial charge on any atom is -0.378 e. The molecule has 3 heterocycles. The summed E-state index contributed by atoms with van der Waals surface area (Å²) >= 11 is 0. The van der Waals surface area contributed by atoms with E-state index in [1.807, 2.05) is 18.2 Å². The highest BCUT2D eigenvalue weighted by atomic mass is 16.5. The number of fused-ring (bicyclic) bond motifs is 1. The third kappa shape index (κ3) is 2.58. The Kier molecular flexibility index (Phi) is 3.74. The van der Waals surface area contributed by atoms with Gasteiger partial charge in [0.05, 0.1) is 18.9 Å². The van der Waals surface area contributed by atoms with Crippen LogP contribution in [0.25, 0.3) is 11.4 Å². The summed E-state index contributed by atoms with van der Waals surface area (Å²) in [6, 6.07) is 10.2. The van der Waals surface area contributed by atoms with Crippen molar-refractivity contribution in [1.82, 2.24) is 15.3 Å². The van der Waals surface area contributed by atoms with E-state index in [2.05, 4.69) is 22.3 Å². The number of hydrogen-bond acceptors (Lipinski definition) is 5. The van der Waals surface area contributed by atoms with E-state index >= 15 is 0 Å². The van der Waals surface area contributed by atoms with Gasteiger partial charge in [-0.05, 0) is 13.0 Å². The fourth-order valence-corrected chi connectivity index (χ4v) is 3.09. The van der Waals surface area contributed by atoms with E-state index in [-0.39, 0.29) is 0 Å². The first-order valence-electron chi connectivity index (χ1n) is 7.90. The zero-order valence-electron chi connectivity index (χ0n) is 12.6. The maximum Gasteiger partial charge on any atom is 0.161 e. The van der Waals surface area contributed by atoms with Crippen LogP contribution in [0.15, 0.2) is 30.3 Å². The topological polar surface area (TPSA) is 50.3 Å². The second kappa shape index (κ2) is 6.02. The maximum atomic E-state index is 5.48. The Hall–Kier alpha value is -1.98. The van der Waals surface area contributed by atoms with Crippen LogP contribution in [0.3, 0.4) is 0 Å². The SMILES string of the molecule is c1ccc(-c2nc3c(c(N4CCOCC4)n2)CCNC3)cc1. The summed E-state index contributed by atoms with van der Waals surface area (Å²) in [7, 11) is 0. The average Bonchev–Trinajstić information content (AvgIpc) is 2.62. The van der Waals surface area contributed by atoms with Gasteiger partial charge in [-0.15, -0.1) is 0 Å². The second-order valence-electron chi connectivity index (χ2n) is 5.69. The van der Waals surface area contributed by atoms with E-state index in [1.54, 1.807) is 0 Å². The van der Waals surface area contributed by atoms with Gasteiger partial charge in [-0.2, -0.15) is 0 Å². The third-order valence-corrected chi connectivity index (χ3v) is 4.26. The Labute approximate surface area is 130 Å². The molecule has 0 atom stereocenters. The molecule has 4 rings (SSSR count). The fraction of sp³-hybridized carbons (Fsp3) is 0.412.